The molecule has 124 valence electrons. The van der Waals surface area contributed by atoms with Gasteiger partial charge in [0.05, 0.1) is 6.54 Å². The molecule has 7 heteroatoms. The summed E-state index contributed by atoms with van der Waals surface area (Å²) >= 11 is 3.35. The van der Waals surface area contributed by atoms with Crippen LogP contribution in [0.4, 0.5) is 5.69 Å². The lowest BCUT2D eigenvalue weighted by Gasteiger charge is -2.10. The second-order valence-corrected chi connectivity index (χ2v) is 6.05. The third-order valence-electron chi connectivity index (χ3n) is 3.28. The summed E-state index contributed by atoms with van der Waals surface area (Å²) in [6, 6.07) is 11.5. The number of primary amides is 1. The number of nitrogens with one attached hydrogen (secondary N) is 2. The summed E-state index contributed by atoms with van der Waals surface area (Å²) in [5.41, 5.74) is 7.25. The van der Waals surface area contributed by atoms with Crippen LogP contribution in [0.25, 0.3) is 0 Å². The Morgan fingerprint density at radius 2 is 1.79 bits per heavy atom. The Morgan fingerprint density at radius 3 is 2.46 bits per heavy atom. The molecule has 0 aromatic heterocycles. The van der Waals surface area contributed by atoms with Gasteiger partial charge in [0.2, 0.25) is 11.8 Å². The molecule has 4 N–H and O–H groups in total. The first-order valence-electron chi connectivity index (χ1n) is 7.11. The zero-order chi connectivity index (χ0) is 17.7. The SMILES string of the molecule is Cc1cc(Br)ccc1NC(=O)CNC(=O)c1cccc(C(N)=O)c1. The molecular weight excluding hydrogens is 374 g/mol. The van der Waals surface area contributed by atoms with Gasteiger partial charge in [-0.1, -0.05) is 22.0 Å². The molecule has 2 aromatic carbocycles. The van der Waals surface area contributed by atoms with Crippen molar-refractivity contribution in [1.29, 1.82) is 0 Å². The number of hydrogen-bond acceptors (Lipinski definition) is 3. The molecule has 0 aliphatic rings. The molecule has 0 aliphatic carbocycles. The molecule has 0 atom stereocenters. The van der Waals surface area contributed by atoms with Gasteiger partial charge in [-0.15, -0.1) is 0 Å². The van der Waals surface area contributed by atoms with Crippen LogP contribution < -0.4 is 16.4 Å². The van der Waals surface area contributed by atoms with Gasteiger partial charge in [0, 0.05) is 21.3 Å². The molecule has 6 nitrogen and oxygen atoms in total. The zero-order valence-corrected chi connectivity index (χ0v) is 14.5. The van der Waals surface area contributed by atoms with E-state index < -0.39 is 11.8 Å². The number of halogens is 1. The molecule has 2 rings (SSSR count). The number of aryl methyl sites for hydroxylation is 1. The zero-order valence-electron chi connectivity index (χ0n) is 12.9. The van der Waals surface area contributed by atoms with E-state index in [1.54, 1.807) is 18.2 Å². The van der Waals surface area contributed by atoms with E-state index in [2.05, 4.69) is 26.6 Å². The molecule has 24 heavy (non-hydrogen) atoms. The Labute approximate surface area is 147 Å². The Kier molecular flexibility index (Phi) is 5.70. The van der Waals surface area contributed by atoms with Crippen LogP contribution in [0, 0.1) is 6.92 Å². The highest BCUT2D eigenvalue weighted by atomic mass is 79.9. The van der Waals surface area contributed by atoms with Gasteiger partial charge in [-0.3, -0.25) is 14.4 Å². The normalized spacial score (nSPS) is 10.1. The largest absolute Gasteiger partial charge is 0.366 e. The second kappa shape index (κ2) is 7.74. The van der Waals surface area contributed by atoms with Gasteiger partial charge in [-0.05, 0) is 48.9 Å². The van der Waals surface area contributed by atoms with Crippen molar-refractivity contribution >= 4 is 39.3 Å². The van der Waals surface area contributed by atoms with Crippen LogP contribution in [0.15, 0.2) is 46.9 Å². The highest BCUT2D eigenvalue weighted by Crippen LogP contribution is 2.19. The second-order valence-electron chi connectivity index (χ2n) is 5.14. The maximum Gasteiger partial charge on any atom is 0.251 e. The number of hydrogen-bond donors (Lipinski definition) is 3. The van der Waals surface area contributed by atoms with E-state index >= 15 is 0 Å². The molecule has 0 saturated carbocycles. The first-order chi connectivity index (χ1) is 11.4. The number of carbonyl (C=O) groups excluding carboxylic acids is 3. The van der Waals surface area contributed by atoms with E-state index in [1.165, 1.54) is 12.1 Å². The number of rotatable bonds is 5. The summed E-state index contributed by atoms with van der Waals surface area (Å²) in [6.45, 7) is 1.68. The molecule has 2 aromatic rings. The Balaban J connectivity index is 1.95. The predicted molar refractivity (Wildman–Crippen MR) is 94.8 cm³/mol. The molecule has 0 unspecified atom stereocenters. The molecular formula is C17H16BrN3O3. The maximum absolute atomic E-state index is 12.0. The van der Waals surface area contributed by atoms with Crippen LogP contribution in [0.3, 0.4) is 0 Å². The lowest BCUT2D eigenvalue weighted by Crippen LogP contribution is -2.33. The Hall–Kier alpha value is -2.67. The third kappa shape index (κ3) is 4.66. The van der Waals surface area contributed by atoms with E-state index in [0.29, 0.717) is 5.69 Å². The standard InChI is InChI=1S/C17H16BrN3O3/c1-10-7-13(18)5-6-14(10)21-15(22)9-20-17(24)12-4-2-3-11(8-12)16(19)23/h2-8H,9H2,1H3,(H2,19,23)(H,20,24)(H,21,22). The molecule has 0 spiro atoms. The summed E-state index contributed by atoms with van der Waals surface area (Å²) in [6.07, 6.45) is 0. The van der Waals surface area contributed by atoms with E-state index in [9.17, 15) is 14.4 Å². The fourth-order valence-electron chi connectivity index (χ4n) is 2.04. The minimum Gasteiger partial charge on any atom is -0.366 e. The lowest BCUT2D eigenvalue weighted by molar-refractivity contribution is -0.115. The van der Waals surface area contributed by atoms with Crippen LogP contribution in [0.5, 0.6) is 0 Å². The fraction of sp³-hybridized carbons (Fsp3) is 0.118. The molecule has 0 fully saturated rings. The lowest BCUT2D eigenvalue weighted by atomic mass is 10.1. The first kappa shape index (κ1) is 17.7. The first-order valence-corrected chi connectivity index (χ1v) is 7.90. The van der Waals surface area contributed by atoms with E-state index in [-0.39, 0.29) is 23.6 Å². The van der Waals surface area contributed by atoms with E-state index in [0.717, 1.165) is 10.0 Å². The molecule has 0 heterocycles. The average Bonchev–Trinajstić information content (AvgIpc) is 2.55. The number of anilines is 1. The van der Waals surface area contributed by atoms with Crippen molar-refractivity contribution < 1.29 is 14.4 Å². The van der Waals surface area contributed by atoms with Gasteiger partial charge in [0.15, 0.2) is 0 Å². The smallest absolute Gasteiger partial charge is 0.251 e. The maximum atomic E-state index is 12.0. The molecule has 0 bridgehead atoms. The van der Waals surface area contributed by atoms with E-state index in [4.69, 9.17) is 5.73 Å². The summed E-state index contributed by atoms with van der Waals surface area (Å²) in [7, 11) is 0. The minimum absolute atomic E-state index is 0.185. The van der Waals surface area contributed by atoms with Crippen molar-refractivity contribution in [2.24, 2.45) is 5.73 Å². The van der Waals surface area contributed by atoms with E-state index in [1.807, 2.05) is 19.1 Å². The summed E-state index contributed by atoms with van der Waals surface area (Å²) in [4.78, 5) is 35.1. The quantitative estimate of drug-likeness (QED) is 0.730. The number of benzene rings is 2. The molecule has 3 amide bonds. The predicted octanol–water partition coefficient (Wildman–Crippen LogP) is 2.22. The fourth-order valence-corrected chi connectivity index (χ4v) is 2.51. The van der Waals surface area contributed by atoms with Gasteiger partial charge in [0.25, 0.3) is 5.91 Å². The minimum atomic E-state index is -0.617. The Bertz CT molecular complexity index is 805. The summed E-state index contributed by atoms with van der Waals surface area (Å²) in [5, 5.41) is 5.23. The summed E-state index contributed by atoms with van der Waals surface area (Å²) < 4.78 is 0.917. The molecule has 0 aliphatic heterocycles. The van der Waals surface area contributed by atoms with Crippen molar-refractivity contribution in [2.75, 3.05) is 11.9 Å². The molecule has 0 radical (unpaired) electrons. The van der Waals surface area contributed by atoms with Crippen molar-refractivity contribution in [3.8, 4) is 0 Å². The number of carbonyl (C=O) groups is 3. The van der Waals surface area contributed by atoms with Crippen molar-refractivity contribution in [3.63, 3.8) is 0 Å². The number of nitrogens with two attached hydrogens (primary N) is 1. The highest BCUT2D eigenvalue weighted by Gasteiger charge is 2.11. The van der Waals surface area contributed by atoms with Gasteiger partial charge in [-0.2, -0.15) is 0 Å². The number of amides is 3. The topological polar surface area (TPSA) is 101 Å². The van der Waals surface area contributed by atoms with Crippen LogP contribution in [0.2, 0.25) is 0 Å². The van der Waals surface area contributed by atoms with Crippen molar-refractivity contribution in [3.05, 3.63) is 63.6 Å². The van der Waals surface area contributed by atoms with Gasteiger partial charge >= 0.3 is 0 Å². The van der Waals surface area contributed by atoms with Crippen molar-refractivity contribution in [2.45, 2.75) is 6.92 Å². The monoisotopic (exact) mass is 389 g/mol. The van der Waals surface area contributed by atoms with Crippen LogP contribution in [-0.2, 0) is 4.79 Å². The third-order valence-corrected chi connectivity index (χ3v) is 3.77. The summed E-state index contributed by atoms with van der Waals surface area (Å²) in [5.74, 6) is -1.42. The van der Waals surface area contributed by atoms with Gasteiger partial charge in [0.1, 0.15) is 0 Å². The van der Waals surface area contributed by atoms with Gasteiger partial charge in [-0.25, -0.2) is 0 Å². The average molecular weight is 390 g/mol. The molecule has 0 saturated heterocycles. The van der Waals surface area contributed by atoms with Crippen LogP contribution >= 0.6 is 15.9 Å². The van der Waals surface area contributed by atoms with Crippen LogP contribution in [0.1, 0.15) is 26.3 Å². The van der Waals surface area contributed by atoms with Gasteiger partial charge < -0.3 is 16.4 Å². The van der Waals surface area contributed by atoms with Crippen molar-refractivity contribution in [1.82, 2.24) is 5.32 Å². The highest BCUT2D eigenvalue weighted by molar-refractivity contribution is 9.10. The van der Waals surface area contributed by atoms with Crippen LogP contribution in [-0.4, -0.2) is 24.3 Å². The Morgan fingerprint density at radius 1 is 1.08 bits per heavy atom.